The zero-order chi connectivity index (χ0) is 6.85. The molecule has 0 heterocycles. The van der Waals surface area contributed by atoms with Gasteiger partial charge >= 0.3 is 0 Å². The molecule has 2 nitrogen and oxygen atoms in total. The molecule has 0 bridgehead atoms. The second kappa shape index (κ2) is 1.97. The van der Waals surface area contributed by atoms with E-state index >= 15 is 0 Å². The van der Waals surface area contributed by atoms with Crippen LogP contribution in [-0.4, -0.2) is 0 Å². The normalized spacial score (nSPS) is 9.44. The lowest BCUT2D eigenvalue weighted by Crippen LogP contribution is -2.15. The highest BCUT2D eigenvalue weighted by atomic mass is 14.4. The zero-order valence-electron chi connectivity index (χ0n) is 5.23. The van der Waals surface area contributed by atoms with Crippen LogP contribution in [0.3, 0.4) is 0 Å². The van der Waals surface area contributed by atoms with Crippen molar-refractivity contribution in [2.45, 2.75) is 6.92 Å². The molecule has 1 aromatic carbocycles. The smallest absolute Gasteiger partial charge is 0.249 e. The van der Waals surface area contributed by atoms with Gasteiger partial charge in [-0.1, -0.05) is 0 Å². The second-order valence-electron chi connectivity index (χ2n) is 1.98. The van der Waals surface area contributed by atoms with Gasteiger partial charge in [0, 0.05) is 0 Å². The second-order valence-corrected chi connectivity index (χ2v) is 1.98. The Kier molecular flexibility index (Phi) is 1.30. The largest absolute Gasteiger partial charge is 0.282 e. The summed E-state index contributed by atoms with van der Waals surface area (Å²) < 4.78 is 0. The summed E-state index contributed by atoms with van der Waals surface area (Å²) in [6.07, 6.45) is 0. The fraction of sp³-hybridized carbons (Fsp3) is 0.143. The maximum absolute atomic E-state index is 7.24. The van der Waals surface area contributed by atoms with Gasteiger partial charge in [-0.05, 0) is 0 Å². The van der Waals surface area contributed by atoms with Gasteiger partial charge in [-0.2, -0.15) is 0 Å². The molecule has 0 fully saturated rings. The third kappa shape index (κ3) is 0.964. The summed E-state index contributed by atoms with van der Waals surface area (Å²) in [6, 6.07) is 5.10. The molecule has 1 aromatic rings. The van der Waals surface area contributed by atoms with Gasteiger partial charge in [0.05, 0.1) is 6.92 Å². The molecule has 0 saturated heterocycles. The average molecular weight is 120 g/mol. The molecular formula is C7H8N2+2. The van der Waals surface area contributed by atoms with Crippen molar-refractivity contribution in [3.63, 3.8) is 0 Å². The van der Waals surface area contributed by atoms with Crippen LogP contribution in [-0.2, 0) is 0 Å². The zero-order valence-corrected chi connectivity index (χ0v) is 5.23. The van der Waals surface area contributed by atoms with E-state index in [0.29, 0.717) is 10.7 Å². The molecule has 0 unspecified atom stereocenters. The Morgan fingerprint density at radius 1 is 1.56 bits per heavy atom. The van der Waals surface area contributed by atoms with E-state index in [1.807, 2.05) is 0 Å². The van der Waals surface area contributed by atoms with Gasteiger partial charge in [0.1, 0.15) is 0 Å². The number of hydrogen-bond acceptors (Lipinski definition) is 2. The van der Waals surface area contributed by atoms with Crippen LogP contribution in [0, 0.1) is 17.7 Å². The Bertz CT molecular complexity index is 275. The number of hydrogen-bond donors (Lipinski definition) is 2. The lowest BCUT2D eigenvalue weighted by atomic mass is 10.2. The van der Waals surface area contributed by atoms with E-state index in [9.17, 15) is 0 Å². The van der Waals surface area contributed by atoms with Crippen LogP contribution in [0.4, 0.5) is 0 Å². The highest BCUT2D eigenvalue weighted by Gasteiger charge is 2.05. The summed E-state index contributed by atoms with van der Waals surface area (Å²) >= 11 is 0. The number of benzene rings is 1. The topological polar surface area (TPSA) is 47.7 Å². The van der Waals surface area contributed by atoms with Crippen molar-refractivity contribution in [2.24, 2.45) is 0 Å². The molecule has 0 atom stereocenters. The van der Waals surface area contributed by atoms with Crippen molar-refractivity contribution in [1.82, 2.24) is 0 Å². The predicted molar refractivity (Wildman–Crippen MR) is 34.1 cm³/mol. The summed E-state index contributed by atoms with van der Waals surface area (Å²) in [4.78, 5) is 0. The number of rotatable bonds is 0. The molecule has 2 heteroatoms. The fourth-order valence-electron chi connectivity index (χ4n) is 0.636. The van der Waals surface area contributed by atoms with Crippen molar-refractivity contribution in [3.8, 4) is 0 Å². The summed E-state index contributed by atoms with van der Waals surface area (Å²) in [7, 11) is 0. The standard InChI is InChI=1S/C7H8N2/c1-5-6(8)3-2-4-7(5)9/h2-4,8-9H,1H3/q+2. The van der Waals surface area contributed by atoms with E-state index in [2.05, 4.69) is 0 Å². The third-order valence-corrected chi connectivity index (χ3v) is 1.33. The minimum Gasteiger partial charge on any atom is -0.249 e. The quantitative estimate of drug-likeness (QED) is 0.465. The summed E-state index contributed by atoms with van der Waals surface area (Å²) in [5.74, 6) is 0. The molecule has 0 saturated carbocycles. The minimum atomic E-state index is 0.447. The van der Waals surface area contributed by atoms with Crippen LogP contribution >= 0.6 is 0 Å². The Morgan fingerprint density at radius 3 is 2.67 bits per heavy atom. The summed E-state index contributed by atoms with van der Waals surface area (Å²) in [5.41, 5.74) is 0.748. The molecule has 44 valence electrons. The van der Waals surface area contributed by atoms with Crippen LogP contribution in [0.2, 0.25) is 0 Å². The lowest BCUT2D eigenvalue weighted by molar-refractivity contribution is 1.12. The Morgan fingerprint density at radius 2 is 2.22 bits per heavy atom. The van der Waals surface area contributed by atoms with Crippen molar-refractivity contribution in [3.05, 3.63) is 34.5 Å². The highest BCUT2D eigenvalue weighted by Crippen LogP contribution is 1.74. The molecule has 0 aliphatic rings. The Balaban J connectivity index is 3.62. The number of nitrogens with one attached hydrogen (secondary N) is 2. The van der Waals surface area contributed by atoms with E-state index in [4.69, 9.17) is 10.8 Å². The van der Waals surface area contributed by atoms with Crippen LogP contribution in [0.1, 0.15) is 5.56 Å². The van der Waals surface area contributed by atoms with Gasteiger partial charge in [-0.25, -0.2) is 10.8 Å². The first-order valence-electron chi connectivity index (χ1n) is 2.74. The molecule has 2 N–H and O–H groups in total. The van der Waals surface area contributed by atoms with Crippen molar-refractivity contribution < 1.29 is 0 Å². The van der Waals surface area contributed by atoms with Gasteiger partial charge in [0.15, 0.2) is 23.8 Å². The summed E-state index contributed by atoms with van der Waals surface area (Å²) in [5, 5.41) is 15.4. The van der Waals surface area contributed by atoms with E-state index < -0.39 is 0 Å². The molecule has 0 aliphatic carbocycles. The monoisotopic (exact) mass is 120 g/mol. The summed E-state index contributed by atoms with van der Waals surface area (Å²) in [6.45, 7) is 1.78. The van der Waals surface area contributed by atoms with Crippen LogP contribution in [0.15, 0.2) is 18.2 Å². The van der Waals surface area contributed by atoms with E-state index in [-0.39, 0.29) is 0 Å². The van der Waals surface area contributed by atoms with Gasteiger partial charge in [-0.15, -0.1) is 0 Å². The Labute approximate surface area is 53.2 Å². The SMILES string of the molecule is C[c+]1c(=N)cc[cH+]c1=N. The first kappa shape index (κ1) is 5.95. The average Bonchev–Trinajstić information content (AvgIpc) is 1.83. The van der Waals surface area contributed by atoms with Crippen molar-refractivity contribution >= 4 is 0 Å². The van der Waals surface area contributed by atoms with E-state index in [0.717, 1.165) is 5.56 Å². The molecule has 0 radical (unpaired) electrons. The highest BCUT2D eigenvalue weighted by molar-refractivity contribution is 5.09. The van der Waals surface area contributed by atoms with Gasteiger partial charge < -0.3 is 0 Å². The van der Waals surface area contributed by atoms with Gasteiger partial charge in [0.2, 0.25) is 0 Å². The van der Waals surface area contributed by atoms with Crippen molar-refractivity contribution in [1.29, 1.82) is 10.8 Å². The van der Waals surface area contributed by atoms with Crippen LogP contribution in [0.5, 0.6) is 0 Å². The lowest BCUT2D eigenvalue weighted by Gasteiger charge is -1.68. The predicted octanol–water partition coefficient (Wildman–Crippen LogP) is 0.392. The van der Waals surface area contributed by atoms with Crippen LogP contribution in [0.25, 0.3) is 0 Å². The fourth-order valence-corrected chi connectivity index (χ4v) is 0.636. The molecule has 9 heavy (non-hydrogen) atoms. The molecule has 0 spiro atoms. The van der Waals surface area contributed by atoms with Crippen LogP contribution < -0.4 is 10.7 Å². The Hall–Kier alpha value is -1.18. The maximum atomic E-state index is 7.24. The van der Waals surface area contributed by atoms with Crippen molar-refractivity contribution in [2.75, 3.05) is 0 Å². The molecule has 0 aromatic heterocycles. The molecular weight excluding hydrogens is 112 g/mol. The van der Waals surface area contributed by atoms with E-state index in [1.54, 1.807) is 25.1 Å². The molecule has 1 rings (SSSR count). The van der Waals surface area contributed by atoms with Gasteiger partial charge in [-0.3, -0.25) is 0 Å². The molecule has 0 aliphatic heterocycles. The first-order chi connectivity index (χ1) is 4.22. The van der Waals surface area contributed by atoms with Gasteiger partial charge in [0.25, 0.3) is 10.7 Å². The maximum Gasteiger partial charge on any atom is 0.282 e. The van der Waals surface area contributed by atoms with E-state index in [1.165, 1.54) is 0 Å². The minimum absolute atomic E-state index is 0.447. The molecule has 0 amide bonds. The third-order valence-electron chi connectivity index (χ3n) is 1.33. The first-order valence-corrected chi connectivity index (χ1v) is 2.74.